The largest absolute Gasteiger partial charge is 0.388 e. The lowest BCUT2D eigenvalue weighted by Gasteiger charge is -2.30. The molecule has 1 aromatic rings. The highest BCUT2D eigenvalue weighted by Gasteiger charge is 2.22. The minimum atomic E-state index is -0.709. The second kappa shape index (κ2) is 5.61. The molecule has 0 radical (unpaired) electrons. The van der Waals surface area contributed by atoms with Gasteiger partial charge in [-0.3, -0.25) is 0 Å². The second-order valence-electron chi connectivity index (χ2n) is 4.97. The molecular weight excluding hydrogens is 217 g/mol. The molecule has 1 aliphatic heterocycles. The molecule has 1 heterocycles. The summed E-state index contributed by atoms with van der Waals surface area (Å²) < 4.78 is 13.5. The van der Waals surface area contributed by atoms with Crippen LogP contribution in [0.5, 0.6) is 0 Å². The summed E-state index contributed by atoms with van der Waals surface area (Å²) in [5.41, 5.74) is 0.410. The van der Waals surface area contributed by atoms with Crippen LogP contribution < -0.4 is 5.32 Å². The molecule has 0 bridgehead atoms. The van der Waals surface area contributed by atoms with Crippen molar-refractivity contribution >= 4 is 0 Å². The Morgan fingerprint density at radius 3 is 2.88 bits per heavy atom. The van der Waals surface area contributed by atoms with E-state index in [9.17, 15) is 9.50 Å². The molecule has 2 rings (SSSR count). The van der Waals surface area contributed by atoms with Gasteiger partial charge in [0.15, 0.2) is 0 Å². The lowest BCUT2D eigenvalue weighted by Crippen LogP contribution is -2.41. The zero-order chi connectivity index (χ0) is 12.3. The zero-order valence-corrected chi connectivity index (χ0v) is 10.2. The van der Waals surface area contributed by atoms with Gasteiger partial charge in [0.25, 0.3) is 0 Å². The minimum absolute atomic E-state index is 0.299. The van der Waals surface area contributed by atoms with Gasteiger partial charge in [-0.25, -0.2) is 4.39 Å². The molecule has 2 nitrogen and oxygen atoms in total. The smallest absolute Gasteiger partial charge is 0.128 e. The van der Waals surface area contributed by atoms with E-state index in [-0.39, 0.29) is 5.82 Å². The van der Waals surface area contributed by atoms with E-state index >= 15 is 0 Å². The van der Waals surface area contributed by atoms with Crippen LogP contribution in [0.15, 0.2) is 24.3 Å². The van der Waals surface area contributed by atoms with Crippen molar-refractivity contribution in [3.63, 3.8) is 0 Å². The van der Waals surface area contributed by atoms with Crippen LogP contribution in [0.1, 0.15) is 44.3 Å². The summed E-state index contributed by atoms with van der Waals surface area (Å²) in [6, 6.07) is 7.27. The molecule has 3 atom stereocenters. The number of halogens is 1. The van der Waals surface area contributed by atoms with Crippen molar-refractivity contribution in [2.24, 2.45) is 0 Å². The molecule has 17 heavy (non-hydrogen) atoms. The predicted octanol–water partition coefficient (Wildman–Crippen LogP) is 2.78. The highest BCUT2D eigenvalue weighted by molar-refractivity contribution is 5.19. The fourth-order valence-electron chi connectivity index (χ4n) is 2.57. The fraction of sp³-hybridized carbons (Fsp3) is 0.571. The summed E-state index contributed by atoms with van der Waals surface area (Å²) in [5.74, 6) is -0.316. The first-order valence-corrected chi connectivity index (χ1v) is 6.35. The normalized spacial score (nSPS) is 26.8. The van der Waals surface area contributed by atoms with Crippen LogP contribution in [0, 0.1) is 5.82 Å². The molecule has 3 unspecified atom stereocenters. The Hall–Kier alpha value is -0.930. The number of piperidine rings is 1. The number of hydrogen-bond donors (Lipinski definition) is 2. The van der Waals surface area contributed by atoms with E-state index in [0.717, 1.165) is 6.42 Å². The van der Waals surface area contributed by atoms with E-state index < -0.39 is 6.10 Å². The van der Waals surface area contributed by atoms with Crippen molar-refractivity contribution in [1.29, 1.82) is 0 Å². The number of nitrogens with one attached hydrogen (secondary N) is 1. The van der Waals surface area contributed by atoms with Crippen molar-refractivity contribution in [2.75, 3.05) is 0 Å². The number of aliphatic hydroxyl groups excluding tert-OH is 1. The molecular formula is C14H20FNO. The predicted molar refractivity (Wildman–Crippen MR) is 66.2 cm³/mol. The molecule has 0 amide bonds. The number of benzene rings is 1. The Morgan fingerprint density at radius 2 is 2.18 bits per heavy atom. The third kappa shape index (κ3) is 3.27. The SMILES string of the molecule is CC1CCCC(CC(O)c2ccccc2F)N1. The highest BCUT2D eigenvalue weighted by Crippen LogP contribution is 2.25. The Bertz CT molecular complexity index is 369. The van der Waals surface area contributed by atoms with Crippen molar-refractivity contribution in [3.05, 3.63) is 35.6 Å². The highest BCUT2D eigenvalue weighted by atomic mass is 19.1. The van der Waals surface area contributed by atoms with Gasteiger partial charge in [0.1, 0.15) is 5.82 Å². The van der Waals surface area contributed by atoms with Gasteiger partial charge in [0.2, 0.25) is 0 Å². The summed E-state index contributed by atoms with van der Waals surface area (Å²) in [6.45, 7) is 2.15. The number of rotatable bonds is 3. The third-order valence-corrected chi connectivity index (χ3v) is 3.48. The van der Waals surface area contributed by atoms with Crippen LogP contribution in [-0.4, -0.2) is 17.2 Å². The van der Waals surface area contributed by atoms with Crippen molar-refractivity contribution in [2.45, 2.75) is 50.8 Å². The summed E-state index contributed by atoms with van der Waals surface area (Å²) in [4.78, 5) is 0. The summed E-state index contributed by atoms with van der Waals surface area (Å²) in [6.07, 6.45) is 3.31. The van der Waals surface area contributed by atoms with E-state index in [4.69, 9.17) is 0 Å². The zero-order valence-electron chi connectivity index (χ0n) is 10.2. The summed E-state index contributed by atoms with van der Waals surface area (Å²) >= 11 is 0. The van der Waals surface area contributed by atoms with Gasteiger partial charge in [-0.05, 0) is 32.3 Å². The average molecular weight is 237 g/mol. The lowest BCUT2D eigenvalue weighted by molar-refractivity contribution is 0.135. The molecule has 1 saturated heterocycles. The Balaban J connectivity index is 1.97. The maximum atomic E-state index is 13.5. The molecule has 2 N–H and O–H groups in total. The van der Waals surface area contributed by atoms with E-state index in [0.29, 0.717) is 24.1 Å². The molecule has 0 saturated carbocycles. The average Bonchev–Trinajstić information content (AvgIpc) is 2.29. The molecule has 0 aliphatic carbocycles. The van der Waals surface area contributed by atoms with Crippen LogP contribution >= 0.6 is 0 Å². The van der Waals surface area contributed by atoms with Gasteiger partial charge in [0, 0.05) is 17.6 Å². The summed E-state index contributed by atoms with van der Waals surface area (Å²) in [5, 5.41) is 13.5. The second-order valence-corrected chi connectivity index (χ2v) is 4.97. The van der Waals surface area contributed by atoms with Crippen LogP contribution in [0.2, 0.25) is 0 Å². The molecule has 94 valence electrons. The first-order valence-electron chi connectivity index (χ1n) is 6.35. The van der Waals surface area contributed by atoms with Crippen molar-refractivity contribution in [3.8, 4) is 0 Å². The van der Waals surface area contributed by atoms with Crippen molar-refractivity contribution < 1.29 is 9.50 Å². The van der Waals surface area contributed by atoms with E-state index in [1.807, 2.05) is 0 Å². The van der Waals surface area contributed by atoms with Gasteiger partial charge < -0.3 is 10.4 Å². The van der Waals surface area contributed by atoms with E-state index in [1.54, 1.807) is 18.2 Å². The standard InChI is InChI=1S/C14H20FNO/c1-10-5-4-6-11(16-10)9-14(17)12-7-2-3-8-13(12)15/h2-3,7-8,10-11,14,16-17H,4-6,9H2,1H3. The Kier molecular flexibility index (Phi) is 4.13. The maximum Gasteiger partial charge on any atom is 0.128 e. The van der Waals surface area contributed by atoms with Gasteiger partial charge in [-0.1, -0.05) is 24.6 Å². The Morgan fingerprint density at radius 1 is 1.41 bits per heavy atom. The van der Waals surface area contributed by atoms with E-state index in [2.05, 4.69) is 12.2 Å². The van der Waals surface area contributed by atoms with Crippen LogP contribution in [0.3, 0.4) is 0 Å². The molecule has 0 aromatic heterocycles. The molecule has 0 spiro atoms. The molecule has 1 aromatic carbocycles. The van der Waals surface area contributed by atoms with Crippen LogP contribution in [-0.2, 0) is 0 Å². The Labute approximate surface area is 102 Å². The van der Waals surface area contributed by atoms with Crippen LogP contribution in [0.25, 0.3) is 0 Å². The van der Waals surface area contributed by atoms with Crippen molar-refractivity contribution in [1.82, 2.24) is 5.32 Å². The molecule has 3 heteroatoms. The lowest BCUT2D eigenvalue weighted by atomic mass is 9.93. The topological polar surface area (TPSA) is 32.3 Å². The van der Waals surface area contributed by atoms with E-state index in [1.165, 1.54) is 18.9 Å². The fourth-order valence-corrected chi connectivity index (χ4v) is 2.57. The third-order valence-electron chi connectivity index (χ3n) is 3.48. The number of hydrogen-bond acceptors (Lipinski definition) is 2. The minimum Gasteiger partial charge on any atom is -0.388 e. The summed E-state index contributed by atoms with van der Waals surface area (Å²) in [7, 11) is 0. The van der Waals surface area contributed by atoms with Crippen LogP contribution in [0.4, 0.5) is 4.39 Å². The first kappa shape index (κ1) is 12.5. The number of aliphatic hydroxyl groups is 1. The maximum absolute atomic E-state index is 13.5. The molecule has 1 fully saturated rings. The molecule has 1 aliphatic rings. The quantitative estimate of drug-likeness (QED) is 0.847. The van der Waals surface area contributed by atoms with Gasteiger partial charge in [-0.15, -0.1) is 0 Å². The van der Waals surface area contributed by atoms with Gasteiger partial charge >= 0.3 is 0 Å². The monoisotopic (exact) mass is 237 g/mol. The first-order chi connectivity index (χ1) is 8.16. The van der Waals surface area contributed by atoms with Gasteiger partial charge in [-0.2, -0.15) is 0 Å². The van der Waals surface area contributed by atoms with Gasteiger partial charge in [0.05, 0.1) is 6.10 Å².